The lowest BCUT2D eigenvalue weighted by atomic mass is 9.88. The number of carbonyl (C=O) groups is 1. The van der Waals surface area contributed by atoms with Crippen LogP contribution >= 0.6 is 0 Å². The van der Waals surface area contributed by atoms with Crippen LogP contribution in [0, 0.1) is 31.6 Å². The zero-order valence-corrected chi connectivity index (χ0v) is 23.1. The van der Waals surface area contributed by atoms with Gasteiger partial charge >= 0.3 is 0 Å². The Bertz CT molecular complexity index is 1240. The van der Waals surface area contributed by atoms with Crippen LogP contribution in [-0.4, -0.2) is 44.6 Å². The van der Waals surface area contributed by atoms with Gasteiger partial charge in [0.1, 0.15) is 12.4 Å². The lowest BCUT2D eigenvalue weighted by Crippen LogP contribution is -2.28. The lowest BCUT2D eigenvalue weighted by Gasteiger charge is -2.17. The van der Waals surface area contributed by atoms with Gasteiger partial charge in [0.15, 0.2) is 0 Å². The highest BCUT2D eigenvalue weighted by Gasteiger charge is 2.23. The van der Waals surface area contributed by atoms with E-state index in [1.165, 1.54) is 22.3 Å². The van der Waals surface area contributed by atoms with Crippen LogP contribution in [0.1, 0.15) is 35.6 Å². The standard InChI is InChI=1S/C35H37N2O2/c1-4-33(28-12-6-5-7-13-28)34(30-20-22-32(23-21-30)39-26-25-37(2)3)29-18-16-27(17-19-29)11-10-24-36-35(38)31-14-8-9-15-31/h5-23H,4,24-26H2,1-3H3,(H,36,38)/b11-10+,34-33-. The topological polar surface area (TPSA) is 41.6 Å². The number of amides is 1. The van der Waals surface area contributed by atoms with Crippen molar-refractivity contribution in [2.24, 2.45) is 0 Å². The van der Waals surface area contributed by atoms with E-state index in [9.17, 15) is 4.79 Å². The van der Waals surface area contributed by atoms with Crippen LogP contribution in [0.3, 0.4) is 0 Å². The third kappa shape index (κ3) is 8.18. The number of hydrogen-bond donors (Lipinski definition) is 1. The average Bonchev–Trinajstić information content (AvgIpc) is 3.51. The largest absolute Gasteiger partial charge is 0.492 e. The number of allylic oxidation sites excluding steroid dienone is 1. The summed E-state index contributed by atoms with van der Waals surface area (Å²) in [6, 6.07) is 27.6. The molecule has 3 aromatic carbocycles. The van der Waals surface area contributed by atoms with Gasteiger partial charge in [-0.1, -0.05) is 85.8 Å². The third-order valence-electron chi connectivity index (χ3n) is 6.54. The fourth-order valence-electron chi connectivity index (χ4n) is 4.48. The normalized spacial score (nSPS) is 14.6. The second-order valence-electron chi connectivity index (χ2n) is 9.66. The summed E-state index contributed by atoms with van der Waals surface area (Å²) in [5, 5.41) is 2.92. The summed E-state index contributed by atoms with van der Waals surface area (Å²) in [4.78, 5) is 14.2. The Morgan fingerprint density at radius 2 is 1.49 bits per heavy atom. The summed E-state index contributed by atoms with van der Waals surface area (Å²) in [6.07, 6.45) is 12.3. The molecular formula is C35H37N2O2. The minimum absolute atomic E-state index is 0.0584. The molecule has 199 valence electrons. The van der Waals surface area contributed by atoms with Gasteiger partial charge in [-0.15, -0.1) is 0 Å². The molecule has 1 amide bonds. The molecule has 1 saturated carbocycles. The number of hydrogen-bond acceptors (Lipinski definition) is 3. The average molecular weight is 518 g/mol. The summed E-state index contributed by atoms with van der Waals surface area (Å²) < 4.78 is 5.94. The molecule has 0 spiro atoms. The third-order valence-corrected chi connectivity index (χ3v) is 6.54. The summed E-state index contributed by atoms with van der Waals surface area (Å²) in [5.74, 6) is 1.51. The maximum Gasteiger partial charge on any atom is 0.228 e. The molecule has 1 N–H and O–H groups in total. The van der Waals surface area contributed by atoms with Gasteiger partial charge in [0.25, 0.3) is 0 Å². The number of nitrogens with one attached hydrogen (secondary N) is 1. The zero-order chi connectivity index (χ0) is 27.5. The van der Waals surface area contributed by atoms with Crippen LogP contribution in [0.2, 0.25) is 0 Å². The van der Waals surface area contributed by atoms with Crippen LogP contribution in [0.5, 0.6) is 5.75 Å². The quantitative estimate of drug-likeness (QED) is 0.278. The second-order valence-corrected chi connectivity index (χ2v) is 9.66. The van der Waals surface area contributed by atoms with Crippen molar-refractivity contribution in [3.63, 3.8) is 0 Å². The highest BCUT2D eigenvalue weighted by molar-refractivity contribution is 5.98. The summed E-state index contributed by atoms with van der Waals surface area (Å²) in [7, 11) is 4.09. The summed E-state index contributed by atoms with van der Waals surface area (Å²) in [6.45, 7) is 4.23. The second kappa shape index (κ2) is 14.5. The van der Waals surface area contributed by atoms with Crippen LogP contribution < -0.4 is 10.1 Å². The summed E-state index contributed by atoms with van der Waals surface area (Å²) in [5.41, 5.74) is 7.16. The Labute approximate surface area is 234 Å². The highest BCUT2D eigenvalue weighted by Crippen LogP contribution is 2.35. The molecular weight excluding hydrogens is 480 g/mol. The van der Waals surface area contributed by atoms with E-state index in [-0.39, 0.29) is 5.91 Å². The van der Waals surface area contributed by atoms with Crippen molar-refractivity contribution in [3.8, 4) is 5.75 Å². The van der Waals surface area contributed by atoms with Crippen LogP contribution in [-0.2, 0) is 4.79 Å². The summed E-state index contributed by atoms with van der Waals surface area (Å²) >= 11 is 0. The van der Waals surface area contributed by atoms with Crippen molar-refractivity contribution < 1.29 is 9.53 Å². The zero-order valence-electron chi connectivity index (χ0n) is 23.1. The maximum atomic E-state index is 12.1. The number of ether oxygens (including phenoxy) is 1. The van der Waals surface area contributed by atoms with E-state index in [0.717, 1.165) is 29.8 Å². The molecule has 1 aliphatic carbocycles. The predicted octanol–water partition coefficient (Wildman–Crippen LogP) is 6.53. The molecule has 0 saturated heterocycles. The molecule has 0 heterocycles. The van der Waals surface area contributed by atoms with E-state index in [1.807, 2.05) is 51.9 Å². The first kappa shape index (κ1) is 28.4. The molecule has 4 rings (SSSR count). The number of nitrogens with zero attached hydrogens (tertiary/aromatic N) is 1. The molecule has 3 aromatic rings. The smallest absolute Gasteiger partial charge is 0.228 e. The fourth-order valence-corrected chi connectivity index (χ4v) is 4.48. The van der Waals surface area contributed by atoms with Crippen molar-refractivity contribution in [2.45, 2.75) is 13.3 Å². The first-order valence-corrected chi connectivity index (χ1v) is 13.5. The molecule has 1 fully saturated rings. The van der Waals surface area contributed by atoms with Crippen LogP contribution in [0.15, 0.2) is 84.9 Å². The van der Waals surface area contributed by atoms with Crippen LogP contribution in [0.25, 0.3) is 17.2 Å². The van der Waals surface area contributed by atoms with E-state index in [0.29, 0.717) is 19.1 Å². The number of likely N-dealkylation sites (N-methyl/N-ethyl adjacent to an activating group) is 1. The molecule has 39 heavy (non-hydrogen) atoms. The first-order chi connectivity index (χ1) is 19.0. The number of rotatable bonds is 12. The van der Waals surface area contributed by atoms with Crippen molar-refractivity contribution in [1.82, 2.24) is 10.2 Å². The Morgan fingerprint density at radius 1 is 0.846 bits per heavy atom. The molecule has 0 aromatic heterocycles. The van der Waals surface area contributed by atoms with E-state index in [1.54, 1.807) is 0 Å². The number of benzene rings is 3. The monoisotopic (exact) mass is 517 g/mol. The Kier molecular flexibility index (Phi) is 10.6. The van der Waals surface area contributed by atoms with Gasteiger partial charge in [-0.2, -0.15) is 0 Å². The van der Waals surface area contributed by atoms with Gasteiger partial charge in [-0.25, -0.2) is 0 Å². The minimum Gasteiger partial charge on any atom is -0.492 e. The fraction of sp³-hybridized carbons (Fsp3) is 0.200. The van der Waals surface area contributed by atoms with Crippen molar-refractivity contribution >= 4 is 23.1 Å². The molecule has 1 aliphatic rings. The Hall–Kier alpha value is -3.63. The molecule has 4 nitrogen and oxygen atoms in total. The van der Waals surface area contributed by atoms with Crippen molar-refractivity contribution in [3.05, 3.63) is 139 Å². The first-order valence-electron chi connectivity index (χ1n) is 13.5. The van der Waals surface area contributed by atoms with Gasteiger partial charge in [-0.05, 0) is 91.7 Å². The SMILES string of the molecule is CC/C(=C(\c1ccc(/C=C/CNC(=O)[C]2[CH][CH][CH][CH]2)cc1)c1ccc(OCCN(C)C)cc1)c1ccccc1. The molecule has 0 unspecified atom stereocenters. The Balaban J connectivity index is 1.54. The molecule has 0 atom stereocenters. The maximum absolute atomic E-state index is 12.1. The van der Waals surface area contributed by atoms with E-state index >= 15 is 0 Å². The van der Waals surface area contributed by atoms with Crippen molar-refractivity contribution in [1.29, 1.82) is 0 Å². The van der Waals surface area contributed by atoms with E-state index < -0.39 is 0 Å². The molecule has 0 aliphatic heterocycles. The molecule has 4 heteroatoms. The van der Waals surface area contributed by atoms with Gasteiger partial charge in [0.05, 0.1) is 5.92 Å². The number of carbonyl (C=O) groups excluding carboxylic acids is 1. The van der Waals surface area contributed by atoms with E-state index in [2.05, 4.69) is 96.0 Å². The van der Waals surface area contributed by atoms with Gasteiger partial charge in [-0.3, -0.25) is 4.79 Å². The van der Waals surface area contributed by atoms with Crippen molar-refractivity contribution in [2.75, 3.05) is 33.8 Å². The Morgan fingerprint density at radius 3 is 2.10 bits per heavy atom. The van der Waals surface area contributed by atoms with Gasteiger partial charge < -0.3 is 15.0 Å². The highest BCUT2D eigenvalue weighted by atomic mass is 16.5. The lowest BCUT2D eigenvalue weighted by molar-refractivity contribution is -0.118. The van der Waals surface area contributed by atoms with Crippen LogP contribution in [0.4, 0.5) is 0 Å². The minimum atomic E-state index is -0.0584. The van der Waals surface area contributed by atoms with E-state index in [4.69, 9.17) is 4.74 Å². The van der Waals surface area contributed by atoms with Gasteiger partial charge in [0.2, 0.25) is 5.91 Å². The molecule has 0 bridgehead atoms. The molecule has 5 radical (unpaired) electrons. The van der Waals surface area contributed by atoms with Gasteiger partial charge in [0, 0.05) is 13.1 Å². The predicted molar refractivity (Wildman–Crippen MR) is 162 cm³/mol.